The number of rotatable bonds is 7. The standard InChI is InChI=1S/C22H30N4O4/c1-13(26-16(4)14(2)15(3)24-26)11-23-22(28)17-9-21(27)25(12-17)19-8-7-18(29-5)10-20(19)30-6/h7-8,10,13,17H,9,11-12H2,1-6H3,(H,23,28). The van der Waals surface area contributed by atoms with E-state index in [-0.39, 0.29) is 24.3 Å². The van der Waals surface area contributed by atoms with Gasteiger partial charge in [-0.15, -0.1) is 0 Å². The third-order valence-corrected chi connectivity index (χ3v) is 5.85. The molecule has 0 saturated carbocycles. The summed E-state index contributed by atoms with van der Waals surface area (Å²) < 4.78 is 12.6. The molecule has 1 aliphatic rings. The van der Waals surface area contributed by atoms with Gasteiger partial charge in [0.15, 0.2) is 0 Å². The first-order valence-corrected chi connectivity index (χ1v) is 10.1. The Hall–Kier alpha value is -3.03. The van der Waals surface area contributed by atoms with E-state index in [0.29, 0.717) is 30.3 Å². The molecule has 1 N–H and O–H groups in total. The molecule has 2 unspecified atom stereocenters. The van der Waals surface area contributed by atoms with E-state index < -0.39 is 5.92 Å². The number of anilines is 1. The highest BCUT2D eigenvalue weighted by molar-refractivity contribution is 6.01. The van der Waals surface area contributed by atoms with Crippen molar-refractivity contribution in [3.63, 3.8) is 0 Å². The average molecular weight is 415 g/mol. The second-order valence-corrected chi connectivity index (χ2v) is 7.78. The molecular formula is C22H30N4O4. The van der Waals surface area contributed by atoms with Crippen LogP contribution < -0.4 is 19.7 Å². The van der Waals surface area contributed by atoms with Crippen LogP contribution in [0.3, 0.4) is 0 Å². The van der Waals surface area contributed by atoms with Gasteiger partial charge in [-0.25, -0.2) is 0 Å². The summed E-state index contributed by atoms with van der Waals surface area (Å²) in [5, 5.41) is 7.55. The number of aromatic nitrogens is 2. The third kappa shape index (κ3) is 4.13. The lowest BCUT2D eigenvalue weighted by molar-refractivity contribution is -0.126. The molecule has 1 fully saturated rings. The molecule has 1 saturated heterocycles. The van der Waals surface area contributed by atoms with Gasteiger partial charge >= 0.3 is 0 Å². The van der Waals surface area contributed by atoms with E-state index in [2.05, 4.69) is 10.4 Å². The molecule has 30 heavy (non-hydrogen) atoms. The van der Waals surface area contributed by atoms with E-state index in [1.54, 1.807) is 37.3 Å². The number of aryl methyl sites for hydroxylation is 1. The summed E-state index contributed by atoms with van der Waals surface area (Å²) >= 11 is 0. The van der Waals surface area contributed by atoms with Crippen LogP contribution in [0.5, 0.6) is 11.5 Å². The van der Waals surface area contributed by atoms with E-state index in [4.69, 9.17) is 9.47 Å². The second-order valence-electron chi connectivity index (χ2n) is 7.78. The van der Waals surface area contributed by atoms with Crippen LogP contribution in [0, 0.1) is 26.7 Å². The number of hydrogen-bond donors (Lipinski definition) is 1. The Morgan fingerprint density at radius 1 is 1.27 bits per heavy atom. The van der Waals surface area contributed by atoms with Gasteiger partial charge in [-0.1, -0.05) is 0 Å². The maximum absolute atomic E-state index is 12.7. The number of ether oxygens (including phenoxy) is 2. The van der Waals surface area contributed by atoms with Crippen LogP contribution in [0.15, 0.2) is 18.2 Å². The number of carbonyl (C=O) groups is 2. The summed E-state index contributed by atoms with van der Waals surface area (Å²) in [5.74, 6) is 0.560. The molecular weight excluding hydrogens is 384 g/mol. The zero-order chi connectivity index (χ0) is 22.0. The summed E-state index contributed by atoms with van der Waals surface area (Å²) in [6, 6.07) is 5.31. The lowest BCUT2D eigenvalue weighted by atomic mass is 10.1. The highest BCUT2D eigenvalue weighted by atomic mass is 16.5. The van der Waals surface area contributed by atoms with Crippen LogP contribution in [0.2, 0.25) is 0 Å². The smallest absolute Gasteiger partial charge is 0.227 e. The quantitative estimate of drug-likeness (QED) is 0.753. The van der Waals surface area contributed by atoms with Crippen molar-refractivity contribution in [2.45, 2.75) is 40.2 Å². The Balaban J connectivity index is 1.64. The highest BCUT2D eigenvalue weighted by Crippen LogP contribution is 2.35. The Kier molecular flexibility index (Phi) is 6.34. The Morgan fingerprint density at radius 3 is 2.60 bits per heavy atom. The van der Waals surface area contributed by atoms with E-state index in [9.17, 15) is 9.59 Å². The van der Waals surface area contributed by atoms with Crippen LogP contribution in [0.25, 0.3) is 0 Å². The van der Waals surface area contributed by atoms with Gasteiger partial charge < -0.3 is 19.7 Å². The summed E-state index contributed by atoms with van der Waals surface area (Å²) in [6.07, 6.45) is 0.175. The van der Waals surface area contributed by atoms with Crippen molar-refractivity contribution in [2.75, 3.05) is 32.2 Å². The van der Waals surface area contributed by atoms with Crippen molar-refractivity contribution in [1.82, 2.24) is 15.1 Å². The number of nitrogens with one attached hydrogen (secondary N) is 1. The molecule has 2 heterocycles. The molecule has 2 atom stereocenters. The van der Waals surface area contributed by atoms with Crippen LogP contribution in [0.1, 0.15) is 36.3 Å². The normalized spacial score (nSPS) is 17.2. The van der Waals surface area contributed by atoms with Crippen molar-refractivity contribution < 1.29 is 19.1 Å². The van der Waals surface area contributed by atoms with Crippen LogP contribution >= 0.6 is 0 Å². The SMILES string of the molecule is COc1ccc(N2CC(C(=O)NCC(C)n3nc(C)c(C)c3C)CC2=O)c(OC)c1. The molecule has 2 aromatic rings. The van der Waals surface area contributed by atoms with Gasteiger partial charge in [0.1, 0.15) is 11.5 Å². The molecule has 162 valence electrons. The highest BCUT2D eigenvalue weighted by Gasteiger charge is 2.36. The Morgan fingerprint density at radius 2 is 2.00 bits per heavy atom. The van der Waals surface area contributed by atoms with Gasteiger partial charge in [0.25, 0.3) is 0 Å². The van der Waals surface area contributed by atoms with Gasteiger partial charge in [-0.2, -0.15) is 5.10 Å². The minimum Gasteiger partial charge on any atom is -0.497 e. The van der Waals surface area contributed by atoms with Gasteiger partial charge in [0.05, 0.1) is 37.6 Å². The predicted molar refractivity (Wildman–Crippen MR) is 114 cm³/mol. The number of benzene rings is 1. The van der Waals surface area contributed by atoms with Gasteiger partial charge in [0.2, 0.25) is 11.8 Å². The minimum atomic E-state index is -0.404. The first-order valence-electron chi connectivity index (χ1n) is 10.1. The number of hydrogen-bond acceptors (Lipinski definition) is 5. The molecule has 3 rings (SSSR count). The number of methoxy groups -OCH3 is 2. The summed E-state index contributed by atoms with van der Waals surface area (Å²) in [5.41, 5.74) is 3.91. The Labute approximate surface area is 177 Å². The fourth-order valence-electron chi connectivity index (χ4n) is 3.78. The third-order valence-electron chi connectivity index (χ3n) is 5.85. The Bertz CT molecular complexity index is 953. The van der Waals surface area contributed by atoms with Crippen molar-refractivity contribution in [3.8, 4) is 11.5 Å². The van der Waals surface area contributed by atoms with Gasteiger partial charge in [-0.05, 0) is 45.4 Å². The zero-order valence-corrected chi connectivity index (χ0v) is 18.5. The lowest BCUT2D eigenvalue weighted by Gasteiger charge is -2.20. The van der Waals surface area contributed by atoms with Crippen LogP contribution in [-0.4, -0.2) is 48.9 Å². The number of nitrogens with zero attached hydrogens (tertiary/aromatic N) is 3. The van der Waals surface area contributed by atoms with Gasteiger partial charge in [0, 0.05) is 31.3 Å². The first kappa shape index (κ1) is 21.7. The molecule has 1 aliphatic heterocycles. The van der Waals surface area contributed by atoms with Crippen molar-refractivity contribution in [3.05, 3.63) is 35.2 Å². The molecule has 1 aromatic carbocycles. The fraction of sp³-hybridized carbons (Fsp3) is 0.500. The van der Waals surface area contributed by atoms with Crippen molar-refractivity contribution >= 4 is 17.5 Å². The number of amides is 2. The molecule has 0 radical (unpaired) electrons. The first-order chi connectivity index (χ1) is 14.3. The molecule has 0 bridgehead atoms. The monoisotopic (exact) mass is 414 g/mol. The van der Waals surface area contributed by atoms with E-state index in [0.717, 1.165) is 11.4 Å². The fourth-order valence-corrected chi connectivity index (χ4v) is 3.78. The lowest BCUT2D eigenvalue weighted by Crippen LogP contribution is -2.36. The van der Waals surface area contributed by atoms with Gasteiger partial charge in [-0.3, -0.25) is 14.3 Å². The van der Waals surface area contributed by atoms with E-state index in [1.165, 1.54) is 5.56 Å². The zero-order valence-electron chi connectivity index (χ0n) is 18.5. The van der Waals surface area contributed by atoms with Crippen molar-refractivity contribution in [2.24, 2.45) is 5.92 Å². The number of carbonyl (C=O) groups excluding carboxylic acids is 2. The predicted octanol–water partition coefficient (Wildman–Crippen LogP) is 2.56. The van der Waals surface area contributed by atoms with Crippen molar-refractivity contribution in [1.29, 1.82) is 0 Å². The second kappa shape index (κ2) is 8.77. The summed E-state index contributed by atoms with van der Waals surface area (Å²) in [7, 11) is 3.12. The van der Waals surface area contributed by atoms with Crippen LogP contribution in [0.4, 0.5) is 5.69 Å². The maximum Gasteiger partial charge on any atom is 0.227 e. The molecule has 1 aromatic heterocycles. The molecule has 0 aliphatic carbocycles. The summed E-state index contributed by atoms with van der Waals surface area (Å²) in [6.45, 7) is 8.86. The van der Waals surface area contributed by atoms with E-state index in [1.807, 2.05) is 32.4 Å². The topological polar surface area (TPSA) is 85.7 Å². The summed E-state index contributed by atoms with van der Waals surface area (Å²) in [4.78, 5) is 27.0. The average Bonchev–Trinajstić information content (AvgIpc) is 3.26. The molecule has 0 spiro atoms. The van der Waals surface area contributed by atoms with Crippen LogP contribution in [-0.2, 0) is 9.59 Å². The largest absolute Gasteiger partial charge is 0.497 e. The molecule has 8 heteroatoms. The minimum absolute atomic E-state index is 0.0243. The molecule has 2 amide bonds. The molecule has 8 nitrogen and oxygen atoms in total. The maximum atomic E-state index is 12.7. The van der Waals surface area contributed by atoms with E-state index >= 15 is 0 Å².